The van der Waals surface area contributed by atoms with Crippen molar-refractivity contribution in [3.63, 3.8) is 0 Å². The van der Waals surface area contributed by atoms with Crippen molar-refractivity contribution in [2.24, 2.45) is 7.05 Å². The van der Waals surface area contributed by atoms with Crippen LogP contribution in [0.1, 0.15) is 44.3 Å². The minimum Gasteiger partial charge on any atom is -0.748 e. The van der Waals surface area contributed by atoms with Crippen LogP contribution in [0.4, 0.5) is 11.4 Å². The van der Waals surface area contributed by atoms with Gasteiger partial charge in [0.05, 0.1) is 55.0 Å². The molecule has 290 valence electrons. The van der Waals surface area contributed by atoms with Gasteiger partial charge in [-0.3, -0.25) is 0 Å². The predicted octanol–water partition coefficient (Wildman–Crippen LogP) is -1.28. The Morgan fingerprint density at radius 2 is 1.24 bits per heavy atom. The Labute approximate surface area is 339 Å². The first-order valence-electron chi connectivity index (χ1n) is 17.3. The quantitative estimate of drug-likeness (QED) is 0.106. The molecule has 0 spiro atoms. The second-order valence-electron chi connectivity index (χ2n) is 13.4. The third-order valence-electron chi connectivity index (χ3n) is 9.89. The van der Waals surface area contributed by atoms with Crippen LogP contribution in [0.3, 0.4) is 0 Å². The molecular weight excluding hydrogens is 792 g/mol. The topological polar surface area (TPSA) is 204 Å². The number of fused-ring (bicyclic) bond motifs is 2. The average molecular weight is 835 g/mol. The fraction of sp³-hybridized carbons (Fsp3) is 0.485. The number of hydrogen-bond donors (Lipinski definition) is 0. The van der Waals surface area contributed by atoms with Crippen LogP contribution in [0.2, 0.25) is 0 Å². The molecule has 21 heteroatoms. The van der Waals surface area contributed by atoms with E-state index in [1.807, 2.05) is 9.47 Å². The van der Waals surface area contributed by atoms with E-state index >= 15 is 0 Å². The van der Waals surface area contributed by atoms with E-state index in [1.54, 1.807) is 78.2 Å². The van der Waals surface area contributed by atoms with Gasteiger partial charge in [0.15, 0.2) is 11.0 Å². The van der Waals surface area contributed by atoms with Gasteiger partial charge in [-0.2, -0.15) is 8.61 Å². The number of aromatic nitrogens is 2. The number of aryl methyl sites for hydroxylation is 2. The summed E-state index contributed by atoms with van der Waals surface area (Å²) in [6, 6.07) is 9.59. The Bertz CT molecular complexity index is 2400. The summed E-state index contributed by atoms with van der Waals surface area (Å²) in [5.41, 5.74) is 2.39. The standard InChI is InChI=1S/C33H44N6O10S4.Na/c1-34-28-14-12-26(52(46,47)36-16-3-4-17-36)24-30(28)38(20-8-22-50(40,41)42)32(34)10-7-11-33-35(2)29-15-13-27(53(48,49)37-18-5-6-19-37)25-31(29)39(33)21-9-23-51(43,44)45;/h7,10-15,24-25H,3-6,8-9,16-23H2,1-2H3,(H-,40,41,42,43,44,45);/q;+1/p-1. The smallest absolute Gasteiger partial charge is 0.748 e. The van der Waals surface area contributed by atoms with Gasteiger partial charge < -0.3 is 18.9 Å². The van der Waals surface area contributed by atoms with Crippen LogP contribution < -0.4 is 43.9 Å². The molecule has 0 radical (unpaired) electrons. The number of imidazole rings is 1. The summed E-state index contributed by atoms with van der Waals surface area (Å²) in [5.74, 6) is -0.0850. The van der Waals surface area contributed by atoms with Gasteiger partial charge in [-0.05, 0) is 74.9 Å². The summed E-state index contributed by atoms with van der Waals surface area (Å²) in [7, 11) is -13.0. The fourth-order valence-electron chi connectivity index (χ4n) is 7.23. The summed E-state index contributed by atoms with van der Waals surface area (Å²) >= 11 is 0. The molecule has 0 saturated carbocycles. The second-order valence-corrected chi connectivity index (χ2v) is 20.3. The van der Waals surface area contributed by atoms with Crippen molar-refractivity contribution < 1.29 is 76.9 Å². The van der Waals surface area contributed by atoms with E-state index in [0.29, 0.717) is 60.2 Å². The molecule has 0 N–H and O–H groups in total. The summed E-state index contributed by atoms with van der Waals surface area (Å²) < 4.78 is 129. The molecule has 0 atom stereocenters. The van der Waals surface area contributed by atoms with E-state index in [4.69, 9.17) is 0 Å². The second kappa shape index (κ2) is 16.6. The van der Waals surface area contributed by atoms with E-state index < -0.39 is 51.8 Å². The van der Waals surface area contributed by atoms with Gasteiger partial charge in [0, 0.05) is 63.4 Å². The zero-order valence-electron chi connectivity index (χ0n) is 30.5. The maximum Gasteiger partial charge on any atom is 1.00 e. The molecule has 1 aromatic heterocycles. The SMILES string of the molecule is CN1C(=CC=Cc2n(CCCS(=O)(=O)[O-])c3cc(S(=O)(=O)N4CCCC4)ccc3[n+]2C)N(CCCS(=O)(=O)[O-])c2cc(S(=O)(=O)N3CCCC3)ccc21.[Na+]. The van der Waals surface area contributed by atoms with Crippen LogP contribution in [-0.4, -0.2) is 107 Å². The number of anilines is 2. The van der Waals surface area contributed by atoms with Crippen molar-refractivity contribution in [2.75, 3.05) is 61.1 Å². The fourth-order valence-corrected chi connectivity index (χ4v) is 11.3. The molecule has 0 amide bonds. The van der Waals surface area contributed by atoms with Gasteiger partial charge >= 0.3 is 29.6 Å². The third-order valence-corrected chi connectivity index (χ3v) is 15.3. The normalized spacial score (nSPS) is 18.4. The van der Waals surface area contributed by atoms with Crippen molar-refractivity contribution in [3.8, 4) is 0 Å². The molecular formula is C33H43N6NaO10S4. The maximum absolute atomic E-state index is 13.4. The van der Waals surface area contributed by atoms with Crippen molar-refractivity contribution in [3.05, 3.63) is 60.2 Å². The van der Waals surface area contributed by atoms with Crippen LogP contribution in [-0.2, 0) is 53.9 Å². The predicted molar refractivity (Wildman–Crippen MR) is 197 cm³/mol. The van der Waals surface area contributed by atoms with E-state index in [-0.39, 0.29) is 65.3 Å². The molecule has 6 rings (SSSR count). The summed E-state index contributed by atoms with van der Waals surface area (Å²) in [4.78, 5) is 3.79. The number of benzene rings is 2. The molecule has 3 aliphatic heterocycles. The molecule has 4 heterocycles. The van der Waals surface area contributed by atoms with Gasteiger partial charge in [-0.15, -0.1) is 0 Å². The molecule has 54 heavy (non-hydrogen) atoms. The first kappa shape index (κ1) is 42.8. The Balaban J connectivity index is 0.00000561. The largest absolute Gasteiger partial charge is 1.00 e. The molecule has 3 aromatic rings. The summed E-state index contributed by atoms with van der Waals surface area (Å²) in [6.07, 6.45) is 8.26. The molecule has 0 bridgehead atoms. The minimum atomic E-state index is -4.51. The van der Waals surface area contributed by atoms with Crippen LogP contribution >= 0.6 is 0 Å². The first-order chi connectivity index (χ1) is 24.9. The minimum absolute atomic E-state index is 0. The van der Waals surface area contributed by atoms with E-state index in [1.165, 1.54) is 8.61 Å². The Morgan fingerprint density at radius 3 is 1.80 bits per heavy atom. The summed E-state index contributed by atoms with van der Waals surface area (Å²) in [6.45, 7) is 1.90. The molecule has 3 aliphatic rings. The maximum atomic E-state index is 13.4. The number of sulfonamides is 2. The number of allylic oxidation sites excluding steroid dienone is 2. The Morgan fingerprint density at radius 1 is 0.722 bits per heavy atom. The Kier molecular flexibility index (Phi) is 13.2. The number of rotatable bonds is 14. The van der Waals surface area contributed by atoms with Crippen molar-refractivity contribution >= 4 is 68.8 Å². The molecule has 2 saturated heterocycles. The molecule has 2 fully saturated rings. The van der Waals surface area contributed by atoms with Crippen LogP contribution in [0, 0.1) is 0 Å². The van der Waals surface area contributed by atoms with Gasteiger partial charge in [-0.25, -0.2) is 42.8 Å². The van der Waals surface area contributed by atoms with Crippen LogP contribution in [0.5, 0.6) is 0 Å². The summed E-state index contributed by atoms with van der Waals surface area (Å²) in [5, 5.41) is 0. The number of nitrogens with zero attached hydrogens (tertiary/aromatic N) is 6. The van der Waals surface area contributed by atoms with Gasteiger partial charge in [-0.1, -0.05) is 6.08 Å². The van der Waals surface area contributed by atoms with Gasteiger partial charge in [0.25, 0.3) is 5.82 Å². The monoisotopic (exact) mass is 834 g/mol. The van der Waals surface area contributed by atoms with E-state index in [2.05, 4.69) is 0 Å². The Hall–Kier alpha value is -2.37. The van der Waals surface area contributed by atoms with Gasteiger partial charge in [0.1, 0.15) is 5.82 Å². The van der Waals surface area contributed by atoms with Crippen molar-refractivity contribution in [1.29, 1.82) is 0 Å². The van der Waals surface area contributed by atoms with Crippen LogP contribution in [0.15, 0.2) is 64.2 Å². The first-order valence-corrected chi connectivity index (χ1v) is 23.4. The zero-order valence-corrected chi connectivity index (χ0v) is 35.8. The van der Waals surface area contributed by atoms with Gasteiger partial charge in [0.2, 0.25) is 20.0 Å². The van der Waals surface area contributed by atoms with Crippen LogP contribution in [0.25, 0.3) is 17.1 Å². The molecule has 0 aliphatic carbocycles. The molecule has 0 unspecified atom stereocenters. The molecule has 16 nitrogen and oxygen atoms in total. The number of hydrogen-bond acceptors (Lipinski definition) is 12. The van der Waals surface area contributed by atoms with Crippen molar-refractivity contribution in [1.82, 2.24) is 13.2 Å². The zero-order chi connectivity index (χ0) is 38.3. The van der Waals surface area contributed by atoms with E-state index in [0.717, 1.165) is 25.7 Å². The average Bonchev–Trinajstić information content (AvgIpc) is 3.90. The molecule has 2 aromatic carbocycles. The third kappa shape index (κ3) is 9.09. The van der Waals surface area contributed by atoms with Crippen molar-refractivity contribution in [2.45, 2.75) is 54.9 Å². The van der Waals surface area contributed by atoms with E-state index in [9.17, 15) is 42.8 Å².